The fourth-order valence-electron chi connectivity index (χ4n) is 8.58. The van der Waals surface area contributed by atoms with Crippen LogP contribution in [-0.4, -0.2) is 49.3 Å². The molecule has 0 aromatic carbocycles. The van der Waals surface area contributed by atoms with Crippen LogP contribution in [0.2, 0.25) is 0 Å². The lowest BCUT2D eigenvalue weighted by atomic mass is 10.0. The molecular weight excluding hydrogens is 822 g/mol. The average Bonchev–Trinajstić information content (AvgIpc) is 3.28. The highest BCUT2D eigenvalue weighted by atomic mass is 31.2. The summed E-state index contributed by atoms with van der Waals surface area (Å²) < 4.78 is 32.6. The van der Waals surface area contributed by atoms with E-state index >= 15 is 0 Å². The molecule has 0 aromatic rings. The van der Waals surface area contributed by atoms with E-state index < -0.39 is 26.5 Å². The molecule has 0 spiro atoms. The summed E-state index contributed by atoms with van der Waals surface area (Å²) in [5.74, 6) is -0.827. The maximum atomic E-state index is 12.6. The number of phosphoric acid groups is 1. The molecule has 10 heteroatoms. The molecule has 9 nitrogen and oxygen atoms in total. The van der Waals surface area contributed by atoms with E-state index in [1.54, 1.807) is 0 Å². The van der Waals surface area contributed by atoms with Crippen molar-refractivity contribution >= 4 is 19.8 Å². The number of carbonyl (C=O) groups excluding carboxylic acids is 2. The molecule has 0 aliphatic rings. The van der Waals surface area contributed by atoms with Gasteiger partial charge in [-0.05, 0) is 12.8 Å². The summed E-state index contributed by atoms with van der Waals surface area (Å²) in [6.45, 7) is 3.68. The molecule has 0 saturated carbocycles. The largest absolute Gasteiger partial charge is 0.472 e. The van der Waals surface area contributed by atoms with Gasteiger partial charge in [0.1, 0.15) is 6.61 Å². The lowest BCUT2D eigenvalue weighted by Gasteiger charge is -2.19. The van der Waals surface area contributed by atoms with Gasteiger partial charge in [0.15, 0.2) is 6.10 Å². The van der Waals surface area contributed by atoms with Gasteiger partial charge in [-0.1, -0.05) is 277 Å². The van der Waals surface area contributed by atoms with Gasteiger partial charge in [-0.15, -0.1) is 0 Å². The van der Waals surface area contributed by atoms with Crippen molar-refractivity contribution in [1.82, 2.24) is 0 Å². The zero-order chi connectivity index (χ0) is 46.7. The highest BCUT2D eigenvalue weighted by Gasteiger charge is 2.26. The summed E-state index contributed by atoms with van der Waals surface area (Å²) in [6, 6.07) is 0. The molecular formula is C54H108NO8P. The number of ether oxygens (including phenoxy) is 2. The monoisotopic (exact) mass is 930 g/mol. The first-order valence-electron chi connectivity index (χ1n) is 28.0. The molecule has 0 fully saturated rings. The van der Waals surface area contributed by atoms with Gasteiger partial charge in [-0.3, -0.25) is 18.6 Å². The third-order valence-corrected chi connectivity index (χ3v) is 13.7. The SMILES string of the molecule is CCCCCCCCCCCCCCCCCCCCCCCCCCCCCCCCCCCCCCCCC(=O)OC(COC(=O)CCCCCCC)COP(=O)(O)OCCN. The molecule has 0 rings (SSSR count). The average molecular weight is 930 g/mol. The lowest BCUT2D eigenvalue weighted by molar-refractivity contribution is -0.161. The third-order valence-electron chi connectivity index (χ3n) is 12.7. The smallest absolute Gasteiger partial charge is 0.462 e. The molecule has 382 valence electrons. The van der Waals surface area contributed by atoms with Gasteiger partial charge in [0.25, 0.3) is 0 Å². The van der Waals surface area contributed by atoms with Crippen molar-refractivity contribution in [2.75, 3.05) is 26.4 Å². The number of carbonyl (C=O) groups is 2. The Hall–Kier alpha value is -0.990. The quantitative estimate of drug-likeness (QED) is 0.0347. The Labute approximate surface area is 397 Å². The van der Waals surface area contributed by atoms with E-state index in [0.717, 1.165) is 44.9 Å². The minimum absolute atomic E-state index is 0.0575. The molecule has 0 amide bonds. The molecule has 64 heavy (non-hydrogen) atoms. The molecule has 0 radical (unpaired) electrons. The standard InChI is InChI=1S/C54H108NO8P/c1-3-5-7-9-10-11-12-13-14-15-16-17-18-19-20-21-22-23-24-25-26-27-28-29-30-31-32-33-34-35-36-37-38-39-40-41-43-45-47-54(57)63-52(51-62-64(58,59)61-49-48-55)50-60-53(56)46-44-42-8-6-4-2/h52H,3-51,55H2,1-2H3,(H,58,59). The molecule has 0 bridgehead atoms. The van der Waals surface area contributed by atoms with E-state index in [2.05, 4.69) is 13.8 Å². The van der Waals surface area contributed by atoms with Crippen molar-refractivity contribution in [1.29, 1.82) is 0 Å². The molecule has 2 unspecified atom stereocenters. The Bertz CT molecular complexity index is 1020. The van der Waals surface area contributed by atoms with Crippen molar-refractivity contribution in [3.8, 4) is 0 Å². The number of hydrogen-bond donors (Lipinski definition) is 2. The van der Waals surface area contributed by atoms with Gasteiger partial charge in [0.2, 0.25) is 0 Å². The van der Waals surface area contributed by atoms with Crippen LogP contribution >= 0.6 is 7.82 Å². The van der Waals surface area contributed by atoms with Crippen molar-refractivity contribution in [2.24, 2.45) is 5.73 Å². The van der Waals surface area contributed by atoms with Crippen LogP contribution in [0.5, 0.6) is 0 Å². The number of esters is 2. The van der Waals surface area contributed by atoms with Gasteiger partial charge in [-0.2, -0.15) is 0 Å². The summed E-state index contributed by atoms with van der Waals surface area (Å²) in [5.41, 5.74) is 5.34. The van der Waals surface area contributed by atoms with Crippen LogP contribution in [0.25, 0.3) is 0 Å². The number of nitrogens with two attached hydrogens (primary N) is 1. The first kappa shape index (κ1) is 63.0. The van der Waals surface area contributed by atoms with Crippen LogP contribution in [0.3, 0.4) is 0 Å². The zero-order valence-corrected chi connectivity index (χ0v) is 43.4. The van der Waals surface area contributed by atoms with E-state index in [1.807, 2.05) is 0 Å². The summed E-state index contributed by atoms with van der Waals surface area (Å²) in [4.78, 5) is 34.6. The highest BCUT2D eigenvalue weighted by molar-refractivity contribution is 7.47. The minimum Gasteiger partial charge on any atom is -0.462 e. The van der Waals surface area contributed by atoms with Crippen LogP contribution in [-0.2, 0) is 32.7 Å². The topological polar surface area (TPSA) is 134 Å². The number of phosphoric ester groups is 1. The molecule has 2 atom stereocenters. The third kappa shape index (κ3) is 50.4. The van der Waals surface area contributed by atoms with Crippen molar-refractivity contribution < 1.29 is 37.6 Å². The Kier molecular flexibility index (Phi) is 50.6. The van der Waals surface area contributed by atoms with E-state index in [1.165, 1.54) is 225 Å². The van der Waals surface area contributed by atoms with Crippen molar-refractivity contribution in [3.63, 3.8) is 0 Å². The van der Waals surface area contributed by atoms with Crippen LogP contribution in [0.4, 0.5) is 0 Å². The number of rotatable bonds is 54. The number of unbranched alkanes of at least 4 members (excludes halogenated alkanes) is 41. The molecule has 0 heterocycles. The predicted octanol–water partition coefficient (Wildman–Crippen LogP) is 17.1. The van der Waals surface area contributed by atoms with Gasteiger partial charge in [0.05, 0.1) is 13.2 Å². The normalized spacial score (nSPS) is 13.0. The summed E-state index contributed by atoms with van der Waals surface area (Å²) in [7, 11) is -4.36. The van der Waals surface area contributed by atoms with Crippen molar-refractivity contribution in [3.05, 3.63) is 0 Å². The van der Waals surface area contributed by atoms with Crippen molar-refractivity contribution in [2.45, 2.75) is 309 Å². The highest BCUT2D eigenvalue weighted by Crippen LogP contribution is 2.43. The summed E-state index contributed by atoms with van der Waals surface area (Å²) in [5, 5.41) is 0. The van der Waals surface area contributed by atoms with Crippen LogP contribution in [0.15, 0.2) is 0 Å². The predicted molar refractivity (Wildman–Crippen MR) is 271 cm³/mol. The second-order valence-corrected chi connectivity index (χ2v) is 20.6. The fourth-order valence-corrected chi connectivity index (χ4v) is 9.35. The van der Waals surface area contributed by atoms with Crippen LogP contribution < -0.4 is 5.73 Å². The number of hydrogen-bond acceptors (Lipinski definition) is 8. The zero-order valence-electron chi connectivity index (χ0n) is 42.6. The molecule has 3 N–H and O–H groups in total. The van der Waals surface area contributed by atoms with Crippen LogP contribution in [0, 0.1) is 0 Å². The molecule has 0 aliphatic carbocycles. The summed E-state index contributed by atoms with van der Waals surface area (Å²) in [6.07, 6.45) is 56.9. The van der Waals surface area contributed by atoms with E-state index in [0.29, 0.717) is 6.42 Å². The Morgan fingerprint density at radius 1 is 0.406 bits per heavy atom. The van der Waals surface area contributed by atoms with Gasteiger partial charge in [0, 0.05) is 19.4 Å². The molecule has 0 aromatic heterocycles. The maximum Gasteiger partial charge on any atom is 0.472 e. The van der Waals surface area contributed by atoms with Gasteiger partial charge < -0.3 is 20.1 Å². The molecule has 0 saturated heterocycles. The maximum absolute atomic E-state index is 12.6. The van der Waals surface area contributed by atoms with E-state index in [4.69, 9.17) is 24.3 Å². The fraction of sp³-hybridized carbons (Fsp3) is 0.963. The van der Waals surface area contributed by atoms with Gasteiger partial charge in [-0.25, -0.2) is 4.57 Å². The van der Waals surface area contributed by atoms with E-state index in [-0.39, 0.29) is 38.6 Å². The Morgan fingerprint density at radius 3 is 0.953 bits per heavy atom. The van der Waals surface area contributed by atoms with Crippen LogP contribution in [0.1, 0.15) is 303 Å². The summed E-state index contributed by atoms with van der Waals surface area (Å²) >= 11 is 0. The Balaban J connectivity index is 3.56. The van der Waals surface area contributed by atoms with E-state index in [9.17, 15) is 19.0 Å². The Morgan fingerprint density at radius 2 is 0.672 bits per heavy atom. The minimum atomic E-state index is -4.36. The first-order valence-corrected chi connectivity index (χ1v) is 29.5. The second kappa shape index (κ2) is 51.4. The first-order chi connectivity index (χ1) is 31.3. The second-order valence-electron chi connectivity index (χ2n) is 19.2. The molecule has 0 aliphatic heterocycles. The lowest BCUT2D eigenvalue weighted by Crippen LogP contribution is -2.29. The van der Waals surface area contributed by atoms with Gasteiger partial charge >= 0.3 is 19.8 Å².